The molecule has 1 aromatic carbocycles. The Bertz CT molecular complexity index is 1010. The number of carbonyl (C=O) groups excluding carboxylic acids is 1. The van der Waals surface area contributed by atoms with Crippen LogP contribution < -0.4 is 14.9 Å². The summed E-state index contributed by atoms with van der Waals surface area (Å²) in [7, 11) is 1.62. The lowest BCUT2D eigenvalue weighted by molar-refractivity contribution is 0.100. The molecule has 0 N–H and O–H groups in total. The molecular weight excluding hydrogens is 474 g/mol. The molecule has 1 aromatic heterocycles. The van der Waals surface area contributed by atoms with Gasteiger partial charge in [-0.05, 0) is 30.5 Å². The van der Waals surface area contributed by atoms with E-state index < -0.39 is 0 Å². The summed E-state index contributed by atoms with van der Waals surface area (Å²) in [5, 5.41) is 0. The smallest absolute Gasteiger partial charge is 0.224 e. The van der Waals surface area contributed by atoms with Crippen LogP contribution in [0, 0.1) is 0 Å². The number of methoxy groups -OCH3 is 1. The molecule has 0 radical (unpaired) electrons. The Morgan fingerprint density at radius 1 is 0.816 bits per heavy atom. The summed E-state index contributed by atoms with van der Waals surface area (Å²) in [5.74, 6) is 0.648. The molecule has 0 unspecified atom stereocenters. The van der Waals surface area contributed by atoms with Gasteiger partial charge in [-0.2, -0.15) is 0 Å². The lowest BCUT2D eigenvalue weighted by atomic mass is 10.0. The van der Waals surface area contributed by atoms with Gasteiger partial charge in [0.1, 0.15) is 18.1 Å². The Morgan fingerprint density at radius 2 is 1.37 bits per heavy atom. The summed E-state index contributed by atoms with van der Waals surface area (Å²) in [6, 6.07) is 8.89. The van der Waals surface area contributed by atoms with Crippen LogP contribution in [0.25, 0.3) is 6.20 Å². The molecule has 0 saturated heterocycles. The van der Waals surface area contributed by atoms with Gasteiger partial charge in [-0.1, -0.05) is 109 Å². The van der Waals surface area contributed by atoms with Crippen LogP contribution in [0.1, 0.15) is 126 Å². The van der Waals surface area contributed by atoms with E-state index >= 15 is 0 Å². The molecule has 1 heterocycles. The van der Waals surface area contributed by atoms with E-state index in [1.54, 1.807) is 17.9 Å². The highest BCUT2D eigenvalue weighted by atomic mass is 16.5. The van der Waals surface area contributed by atoms with Gasteiger partial charge in [0.15, 0.2) is 11.5 Å². The number of pyridine rings is 1. The molecule has 0 atom stereocenters. The molecule has 5 heteroatoms. The number of rotatable bonds is 21. The minimum atomic E-state index is -0.291. The van der Waals surface area contributed by atoms with E-state index in [1.807, 2.05) is 30.5 Å². The fourth-order valence-corrected chi connectivity index (χ4v) is 4.66. The molecule has 0 aliphatic heterocycles. The van der Waals surface area contributed by atoms with Crippen molar-refractivity contribution in [3.05, 3.63) is 64.1 Å². The number of hydrogen-bond acceptors (Lipinski definition) is 4. The van der Waals surface area contributed by atoms with Crippen LogP contribution in [0.15, 0.2) is 47.4 Å². The molecule has 0 bridgehead atoms. The average molecular weight is 524 g/mol. The fourth-order valence-electron chi connectivity index (χ4n) is 4.66. The van der Waals surface area contributed by atoms with Crippen molar-refractivity contribution in [3.63, 3.8) is 0 Å². The first-order valence-electron chi connectivity index (χ1n) is 14.7. The number of ketones is 1. The molecular formula is C33H49NO4. The second kappa shape index (κ2) is 19.3. The van der Waals surface area contributed by atoms with Gasteiger partial charge in [0.2, 0.25) is 5.43 Å². The predicted molar refractivity (Wildman–Crippen MR) is 158 cm³/mol. The molecule has 210 valence electrons. The minimum absolute atomic E-state index is 0.0944. The number of carbonyl (C=O) groups is 1. The van der Waals surface area contributed by atoms with Crippen molar-refractivity contribution >= 4 is 12.0 Å². The Balaban J connectivity index is 1.69. The summed E-state index contributed by atoms with van der Waals surface area (Å²) in [5.41, 5.74) is 0.881. The molecule has 0 spiro atoms. The molecule has 0 fully saturated rings. The van der Waals surface area contributed by atoms with Crippen LogP contribution in [0.4, 0.5) is 0 Å². The number of Topliss-reactive ketones (excluding diaryl/α,β-unsaturated/α-hetero) is 1. The predicted octanol–water partition coefficient (Wildman–Crippen LogP) is 8.98. The second-order valence-electron chi connectivity index (χ2n) is 10.2. The van der Waals surface area contributed by atoms with E-state index in [4.69, 9.17) is 9.47 Å². The highest BCUT2D eigenvalue weighted by molar-refractivity contribution is 5.95. The molecule has 2 rings (SSSR count). The van der Waals surface area contributed by atoms with Gasteiger partial charge in [0, 0.05) is 25.4 Å². The number of nitrogens with zero attached hydrogens (tertiary/aromatic N) is 1. The topological polar surface area (TPSA) is 57.5 Å². The normalized spacial score (nSPS) is 11.2. The van der Waals surface area contributed by atoms with Crippen LogP contribution in [-0.4, -0.2) is 17.5 Å². The van der Waals surface area contributed by atoms with Crippen LogP contribution in [0.5, 0.6) is 11.5 Å². The van der Waals surface area contributed by atoms with E-state index in [2.05, 4.69) is 13.0 Å². The Kier molecular flexibility index (Phi) is 15.9. The summed E-state index contributed by atoms with van der Waals surface area (Å²) in [6.07, 6.45) is 25.4. The van der Waals surface area contributed by atoms with Crippen LogP contribution in [0.2, 0.25) is 0 Å². The monoisotopic (exact) mass is 523 g/mol. The number of unbranched alkanes of at least 4 members (excludes halogenated alkanes) is 14. The Labute approximate surface area is 230 Å². The van der Waals surface area contributed by atoms with E-state index in [0.29, 0.717) is 0 Å². The maximum absolute atomic E-state index is 12.5. The van der Waals surface area contributed by atoms with E-state index in [1.165, 1.54) is 96.5 Å². The van der Waals surface area contributed by atoms with Crippen LogP contribution in [0.3, 0.4) is 0 Å². The van der Waals surface area contributed by atoms with Crippen molar-refractivity contribution in [1.82, 2.24) is 4.57 Å². The summed E-state index contributed by atoms with van der Waals surface area (Å²) >= 11 is 0. The third kappa shape index (κ3) is 12.1. The van der Waals surface area contributed by atoms with E-state index in [0.717, 1.165) is 24.2 Å². The summed E-state index contributed by atoms with van der Waals surface area (Å²) in [6.45, 7) is 3.94. The number of ether oxygens (including phenoxy) is 2. The van der Waals surface area contributed by atoms with Crippen molar-refractivity contribution in [2.75, 3.05) is 7.11 Å². The van der Waals surface area contributed by atoms with E-state index in [-0.39, 0.29) is 29.3 Å². The number of benzene rings is 1. The van der Waals surface area contributed by atoms with Crippen molar-refractivity contribution in [2.45, 2.75) is 117 Å². The maximum atomic E-state index is 12.5. The molecule has 0 aliphatic rings. The Hall–Kier alpha value is -2.82. The first-order valence-corrected chi connectivity index (χ1v) is 14.7. The maximum Gasteiger partial charge on any atom is 0.224 e. The minimum Gasteiger partial charge on any atom is -0.497 e. The molecule has 38 heavy (non-hydrogen) atoms. The van der Waals surface area contributed by atoms with Crippen molar-refractivity contribution in [3.8, 4) is 11.5 Å². The highest BCUT2D eigenvalue weighted by Gasteiger charge is 2.16. The summed E-state index contributed by atoms with van der Waals surface area (Å²) < 4.78 is 12.7. The van der Waals surface area contributed by atoms with E-state index in [9.17, 15) is 9.59 Å². The first-order chi connectivity index (χ1) is 18.6. The van der Waals surface area contributed by atoms with Gasteiger partial charge in [0.05, 0.1) is 7.11 Å². The lowest BCUT2D eigenvalue weighted by Crippen LogP contribution is -2.17. The molecule has 5 nitrogen and oxygen atoms in total. The van der Waals surface area contributed by atoms with Gasteiger partial charge in [-0.15, -0.1) is 0 Å². The Morgan fingerprint density at radius 3 is 1.89 bits per heavy atom. The number of hydrogen-bond donors (Lipinski definition) is 0. The molecule has 0 saturated carbocycles. The standard InChI is InChI=1S/C33H49NO4/c1-4-5-6-7-8-9-10-11-12-13-14-15-16-17-18-19-25-34-26-24-31(36)33(32(34)28(2)35)38-27-29-20-22-30(37-3)23-21-29/h19-26H,4-18,27H2,1-3H3. The highest BCUT2D eigenvalue weighted by Crippen LogP contribution is 2.19. The van der Waals surface area contributed by atoms with Crippen LogP contribution >= 0.6 is 0 Å². The average Bonchev–Trinajstić information content (AvgIpc) is 2.92. The van der Waals surface area contributed by atoms with Gasteiger partial charge in [-0.3, -0.25) is 9.59 Å². The van der Waals surface area contributed by atoms with Crippen LogP contribution in [-0.2, 0) is 6.61 Å². The van der Waals surface area contributed by atoms with Gasteiger partial charge >= 0.3 is 0 Å². The quantitative estimate of drug-likeness (QED) is 0.121. The van der Waals surface area contributed by atoms with Crippen molar-refractivity contribution < 1.29 is 14.3 Å². The van der Waals surface area contributed by atoms with Gasteiger partial charge in [-0.25, -0.2) is 0 Å². The SMILES string of the molecule is CCCCCCCCCCCCCCCCC=Cn1ccc(=O)c(OCc2ccc(OC)cc2)c1C(C)=O. The first kappa shape index (κ1) is 31.4. The third-order valence-electron chi connectivity index (χ3n) is 6.95. The molecule has 0 amide bonds. The lowest BCUT2D eigenvalue weighted by Gasteiger charge is -2.13. The fraction of sp³-hybridized carbons (Fsp3) is 0.576. The zero-order valence-corrected chi connectivity index (χ0v) is 24.0. The number of aromatic nitrogens is 1. The second-order valence-corrected chi connectivity index (χ2v) is 10.2. The zero-order chi connectivity index (χ0) is 27.4. The van der Waals surface area contributed by atoms with Crippen molar-refractivity contribution in [2.24, 2.45) is 0 Å². The zero-order valence-electron chi connectivity index (χ0n) is 24.0. The number of allylic oxidation sites excluding steroid dienone is 1. The summed E-state index contributed by atoms with van der Waals surface area (Å²) in [4.78, 5) is 24.9. The molecule has 0 aliphatic carbocycles. The third-order valence-corrected chi connectivity index (χ3v) is 6.95. The molecule has 2 aromatic rings. The van der Waals surface area contributed by atoms with Gasteiger partial charge < -0.3 is 14.0 Å². The largest absolute Gasteiger partial charge is 0.497 e. The van der Waals surface area contributed by atoms with Crippen molar-refractivity contribution in [1.29, 1.82) is 0 Å². The van der Waals surface area contributed by atoms with Gasteiger partial charge in [0.25, 0.3) is 0 Å².